The molecule has 0 unspecified atom stereocenters. The third-order valence-corrected chi connectivity index (χ3v) is 4.73. The van der Waals surface area contributed by atoms with Gasteiger partial charge >= 0.3 is 0 Å². The molecule has 0 aliphatic carbocycles. The minimum absolute atomic E-state index is 0.141. The molecule has 2 amide bonds. The number of fused-ring (bicyclic) bond motifs is 1. The average Bonchev–Trinajstić information content (AvgIpc) is 3.07. The maximum Gasteiger partial charge on any atom is 0.261 e. The number of amides is 2. The van der Waals surface area contributed by atoms with Gasteiger partial charge in [-0.15, -0.1) is 0 Å². The Morgan fingerprint density at radius 1 is 1.19 bits per heavy atom. The minimum Gasteiger partial charge on any atom is -0.497 e. The SMILES string of the molecule is COc1ccc2nc(NC(=O)c3ccccc3OCC(=O)N(C)C)sc2c1. The van der Waals surface area contributed by atoms with E-state index in [1.54, 1.807) is 45.5 Å². The number of aromatic nitrogens is 1. The highest BCUT2D eigenvalue weighted by Crippen LogP contribution is 2.30. The number of hydrogen-bond donors (Lipinski definition) is 1. The van der Waals surface area contributed by atoms with Gasteiger partial charge in [0.05, 0.1) is 22.9 Å². The molecule has 3 aromatic rings. The van der Waals surface area contributed by atoms with Gasteiger partial charge in [-0.05, 0) is 30.3 Å². The van der Waals surface area contributed by atoms with Crippen molar-refractivity contribution in [3.8, 4) is 11.5 Å². The number of para-hydroxylation sites is 1. The Morgan fingerprint density at radius 2 is 1.96 bits per heavy atom. The molecule has 0 saturated heterocycles. The first-order valence-electron chi connectivity index (χ1n) is 8.16. The molecule has 140 valence electrons. The van der Waals surface area contributed by atoms with Crippen LogP contribution in [0.5, 0.6) is 11.5 Å². The summed E-state index contributed by atoms with van der Waals surface area (Å²) in [6.45, 7) is -0.141. The molecule has 0 spiro atoms. The number of thiazole rings is 1. The van der Waals surface area contributed by atoms with Crippen molar-refractivity contribution in [2.45, 2.75) is 0 Å². The van der Waals surface area contributed by atoms with Crippen LogP contribution in [-0.2, 0) is 4.79 Å². The normalized spacial score (nSPS) is 10.5. The van der Waals surface area contributed by atoms with Crippen LogP contribution in [-0.4, -0.2) is 49.5 Å². The predicted octanol–water partition coefficient (Wildman–Crippen LogP) is 3.02. The molecule has 0 radical (unpaired) electrons. The van der Waals surface area contributed by atoms with Crippen LogP contribution in [0, 0.1) is 0 Å². The van der Waals surface area contributed by atoms with Crippen molar-refractivity contribution >= 4 is 38.5 Å². The van der Waals surface area contributed by atoms with Gasteiger partial charge in [0.1, 0.15) is 11.5 Å². The molecule has 0 saturated carbocycles. The highest BCUT2D eigenvalue weighted by atomic mass is 32.1. The lowest BCUT2D eigenvalue weighted by Crippen LogP contribution is -2.28. The smallest absolute Gasteiger partial charge is 0.261 e. The van der Waals surface area contributed by atoms with Crippen LogP contribution in [0.3, 0.4) is 0 Å². The second-order valence-corrected chi connectivity index (χ2v) is 6.91. The van der Waals surface area contributed by atoms with E-state index < -0.39 is 0 Å². The summed E-state index contributed by atoms with van der Waals surface area (Å²) in [5, 5.41) is 3.26. The second-order valence-electron chi connectivity index (χ2n) is 5.88. The average molecular weight is 385 g/mol. The van der Waals surface area contributed by atoms with Gasteiger partial charge in [-0.1, -0.05) is 23.5 Å². The Balaban J connectivity index is 1.77. The van der Waals surface area contributed by atoms with Crippen LogP contribution in [0.15, 0.2) is 42.5 Å². The molecule has 1 aromatic heterocycles. The number of rotatable bonds is 6. The van der Waals surface area contributed by atoms with Gasteiger partial charge in [-0.3, -0.25) is 14.9 Å². The largest absolute Gasteiger partial charge is 0.497 e. The van der Waals surface area contributed by atoms with Gasteiger partial charge in [0.2, 0.25) is 0 Å². The van der Waals surface area contributed by atoms with Gasteiger partial charge in [0, 0.05) is 14.1 Å². The Bertz CT molecular complexity index is 984. The lowest BCUT2D eigenvalue weighted by molar-refractivity contribution is -0.130. The van der Waals surface area contributed by atoms with E-state index in [-0.39, 0.29) is 18.4 Å². The number of nitrogens with one attached hydrogen (secondary N) is 1. The summed E-state index contributed by atoms with van der Waals surface area (Å²) in [5.41, 5.74) is 1.11. The summed E-state index contributed by atoms with van der Waals surface area (Å²) >= 11 is 1.35. The van der Waals surface area contributed by atoms with Gasteiger partial charge in [-0.2, -0.15) is 0 Å². The summed E-state index contributed by atoms with van der Waals surface area (Å²) in [5.74, 6) is 0.528. The third kappa shape index (κ3) is 4.35. The van der Waals surface area contributed by atoms with Crippen molar-refractivity contribution in [3.63, 3.8) is 0 Å². The fraction of sp³-hybridized carbons (Fsp3) is 0.211. The zero-order valence-corrected chi connectivity index (χ0v) is 16.0. The Kier molecular flexibility index (Phi) is 5.56. The number of carbonyl (C=O) groups excluding carboxylic acids is 2. The molecule has 0 atom stereocenters. The van der Waals surface area contributed by atoms with Crippen LogP contribution in [0.1, 0.15) is 10.4 Å². The van der Waals surface area contributed by atoms with E-state index >= 15 is 0 Å². The van der Waals surface area contributed by atoms with E-state index in [2.05, 4.69) is 10.3 Å². The maximum absolute atomic E-state index is 12.7. The zero-order chi connectivity index (χ0) is 19.4. The third-order valence-electron chi connectivity index (χ3n) is 3.80. The first-order chi connectivity index (χ1) is 13.0. The molecule has 0 fully saturated rings. The maximum atomic E-state index is 12.7. The van der Waals surface area contributed by atoms with E-state index in [0.29, 0.717) is 16.4 Å². The first-order valence-corrected chi connectivity index (χ1v) is 8.97. The van der Waals surface area contributed by atoms with Crippen LogP contribution < -0.4 is 14.8 Å². The first kappa shape index (κ1) is 18.7. The molecule has 1 heterocycles. The summed E-state index contributed by atoms with van der Waals surface area (Å²) in [6, 6.07) is 12.3. The molecule has 3 rings (SSSR count). The van der Waals surface area contributed by atoms with E-state index in [1.807, 2.05) is 18.2 Å². The number of methoxy groups -OCH3 is 1. The summed E-state index contributed by atoms with van der Waals surface area (Å²) in [6.07, 6.45) is 0. The molecule has 1 N–H and O–H groups in total. The summed E-state index contributed by atoms with van der Waals surface area (Å²) < 4.78 is 11.6. The van der Waals surface area contributed by atoms with Crippen molar-refractivity contribution < 1.29 is 19.1 Å². The molecule has 0 aliphatic rings. The number of carbonyl (C=O) groups is 2. The number of hydrogen-bond acceptors (Lipinski definition) is 6. The van der Waals surface area contributed by atoms with Crippen molar-refractivity contribution in [1.29, 1.82) is 0 Å². The molecule has 0 bridgehead atoms. The number of nitrogens with zero attached hydrogens (tertiary/aromatic N) is 2. The highest BCUT2D eigenvalue weighted by Gasteiger charge is 2.16. The standard InChI is InChI=1S/C19H19N3O4S/c1-22(2)17(23)11-26-15-7-5-4-6-13(15)18(24)21-19-20-14-9-8-12(25-3)10-16(14)27-19/h4-10H,11H2,1-3H3,(H,20,21,24). The molecule has 2 aromatic carbocycles. The number of likely N-dealkylation sites (N-methyl/N-ethyl adjacent to an activating group) is 1. The fourth-order valence-corrected chi connectivity index (χ4v) is 3.19. The van der Waals surface area contributed by atoms with Crippen molar-refractivity contribution in [3.05, 3.63) is 48.0 Å². The van der Waals surface area contributed by atoms with Crippen LogP contribution in [0.25, 0.3) is 10.2 Å². The highest BCUT2D eigenvalue weighted by molar-refractivity contribution is 7.22. The number of benzene rings is 2. The van der Waals surface area contributed by atoms with Crippen LogP contribution in [0.2, 0.25) is 0 Å². The Morgan fingerprint density at radius 3 is 2.70 bits per heavy atom. The topological polar surface area (TPSA) is 80.8 Å². The molecular formula is C19H19N3O4S. The van der Waals surface area contributed by atoms with E-state index in [1.165, 1.54) is 16.2 Å². The Labute approximate surface area is 160 Å². The molecule has 7 nitrogen and oxygen atoms in total. The summed E-state index contributed by atoms with van der Waals surface area (Å²) in [4.78, 5) is 30.2. The molecular weight excluding hydrogens is 366 g/mol. The van der Waals surface area contributed by atoms with Crippen LogP contribution >= 0.6 is 11.3 Å². The monoisotopic (exact) mass is 385 g/mol. The van der Waals surface area contributed by atoms with Crippen LogP contribution in [0.4, 0.5) is 5.13 Å². The van der Waals surface area contributed by atoms with Gasteiger partial charge in [0.25, 0.3) is 11.8 Å². The van der Waals surface area contributed by atoms with E-state index in [9.17, 15) is 9.59 Å². The van der Waals surface area contributed by atoms with Gasteiger partial charge in [-0.25, -0.2) is 4.98 Å². The van der Waals surface area contributed by atoms with E-state index in [0.717, 1.165) is 16.0 Å². The lowest BCUT2D eigenvalue weighted by atomic mass is 10.2. The summed E-state index contributed by atoms with van der Waals surface area (Å²) in [7, 11) is 4.89. The quantitative estimate of drug-likeness (QED) is 0.705. The van der Waals surface area contributed by atoms with Crippen molar-refractivity contribution in [2.75, 3.05) is 33.1 Å². The minimum atomic E-state index is -0.353. The Hall–Kier alpha value is -3.13. The van der Waals surface area contributed by atoms with E-state index in [4.69, 9.17) is 9.47 Å². The van der Waals surface area contributed by atoms with Crippen molar-refractivity contribution in [1.82, 2.24) is 9.88 Å². The molecule has 27 heavy (non-hydrogen) atoms. The zero-order valence-electron chi connectivity index (χ0n) is 15.2. The fourth-order valence-electron chi connectivity index (χ4n) is 2.30. The number of anilines is 1. The lowest BCUT2D eigenvalue weighted by Gasteiger charge is -2.13. The predicted molar refractivity (Wildman–Crippen MR) is 105 cm³/mol. The van der Waals surface area contributed by atoms with Crippen molar-refractivity contribution in [2.24, 2.45) is 0 Å². The van der Waals surface area contributed by atoms with Gasteiger partial charge in [0.15, 0.2) is 11.7 Å². The van der Waals surface area contributed by atoms with Gasteiger partial charge < -0.3 is 14.4 Å². The second kappa shape index (κ2) is 8.05. The molecule has 8 heteroatoms. The number of ether oxygens (including phenoxy) is 2. The molecule has 0 aliphatic heterocycles.